The molecule has 1 aliphatic heterocycles. The molecule has 6 nitrogen and oxygen atoms in total. The van der Waals surface area contributed by atoms with Gasteiger partial charge in [0, 0.05) is 35.0 Å². The van der Waals surface area contributed by atoms with Crippen molar-refractivity contribution in [3.05, 3.63) is 39.6 Å². The number of nitrogens with one attached hydrogen (secondary N) is 1. The van der Waals surface area contributed by atoms with Gasteiger partial charge in [0.25, 0.3) is 5.56 Å². The molecule has 4 heterocycles. The Morgan fingerprint density at radius 2 is 2.24 bits per heavy atom. The lowest BCUT2D eigenvalue weighted by Gasteiger charge is -2.33. The number of thiophene rings is 2. The summed E-state index contributed by atoms with van der Waals surface area (Å²) >= 11 is 3.06. The zero-order chi connectivity index (χ0) is 20.2. The molecule has 1 atom stereocenters. The van der Waals surface area contributed by atoms with Gasteiger partial charge >= 0.3 is 0 Å². The molecule has 0 radical (unpaired) electrons. The summed E-state index contributed by atoms with van der Waals surface area (Å²) in [5.74, 6) is -0.146. The first-order chi connectivity index (χ1) is 14.1. The molecule has 1 aliphatic rings. The molecule has 0 bridgehead atoms. The lowest BCUT2D eigenvalue weighted by atomic mass is 10.0. The van der Waals surface area contributed by atoms with Gasteiger partial charge in [-0.3, -0.25) is 14.2 Å². The van der Waals surface area contributed by atoms with Gasteiger partial charge in [0.2, 0.25) is 5.91 Å². The largest absolute Gasteiger partial charge is 0.354 e. The van der Waals surface area contributed by atoms with E-state index in [1.807, 2.05) is 22.9 Å². The van der Waals surface area contributed by atoms with Crippen LogP contribution in [-0.4, -0.2) is 46.0 Å². The van der Waals surface area contributed by atoms with Crippen molar-refractivity contribution in [2.45, 2.75) is 45.2 Å². The van der Waals surface area contributed by atoms with E-state index in [4.69, 9.17) is 0 Å². The van der Waals surface area contributed by atoms with E-state index < -0.39 is 0 Å². The highest BCUT2D eigenvalue weighted by Gasteiger charge is 2.18. The monoisotopic (exact) mass is 430 g/mol. The smallest absolute Gasteiger partial charge is 0.263 e. The molecule has 0 aliphatic carbocycles. The number of likely N-dealkylation sites (tertiary alicyclic amines) is 1. The highest BCUT2D eigenvalue weighted by atomic mass is 32.1. The maximum absolute atomic E-state index is 13.0. The van der Waals surface area contributed by atoms with Crippen molar-refractivity contribution >= 4 is 38.8 Å². The van der Waals surface area contributed by atoms with Gasteiger partial charge < -0.3 is 10.2 Å². The number of piperidine rings is 1. The molecule has 29 heavy (non-hydrogen) atoms. The average Bonchev–Trinajstić information content (AvgIpc) is 3.38. The Balaban J connectivity index is 1.36. The summed E-state index contributed by atoms with van der Waals surface area (Å²) in [5, 5.41) is 7.51. The van der Waals surface area contributed by atoms with Gasteiger partial charge in [-0.1, -0.05) is 12.5 Å². The van der Waals surface area contributed by atoms with Gasteiger partial charge in [0.05, 0.1) is 11.7 Å². The van der Waals surface area contributed by atoms with E-state index in [1.165, 1.54) is 41.5 Å². The van der Waals surface area contributed by atoms with Gasteiger partial charge in [-0.2, -0.15) is 0 Å². The summed E-state index contributed by atoms with van der Waals surface area (Å²) < 4.78 is 1.41. The van der Waals surface area contributed by atoms with Gasteiger partial charge in [0.15, 0.2) is 0 Å². The molecule has 1 saturated heterocycles. The fourth-order valence-corrected chi connectivity index (χ4v) is 5.62. The predicted octanol–water partition coefficient (Wildman–Crippen LogP) is 3.57. The molecule has 8 heteroatoms. The van der Waals surface area contributed by atoms with Crippen molar-refractivity contribution in [2.75, 3.05) is 19.6 Å². The molecule has 4 rings (SSSR count). The van der Waals surface area contributed by atoms with Crippen molar-refractivity contribution in [2.24, 2.45) is 0 Å². The van der Waals surface area contributed by atoms with Crippen LogP contribution in [0.3, 0.4) is 0 Å². The summed E-state index contributed by atoms with van der Waals surface area (Å²) in [6.45, 7) is 5.08. The summed E-state index contributed by atoms with van der Waals surface area (Å²) in [5.41, 5.74) is 0.750. The van der Waals surface area contributed by atoms with Crippen LogP contribution in [0.25, 0.3) is 20.7 Å². The second-order valence-electron chi connectivity index (χ2n) is 7.57. The van der Waals surface area contributed by atoms with E-state index in [9.17, 15) is 9.59 Å². The third-order valence-corrected chi connectivity index (χ3v) is 7.34. The quantitative estimate of drug-likeness (QED) is 0.582. The summed E-state index contributed by atoms with van der Waals surface area (Å²) in [4.78, 5) is 34.0. The summed E-state index contributed by atoms with van der Waals surface area (Å²) in [6.07, 6.45) is 6.26. The Hall–Kier alpha value is -2.03. The van der Waals surface area contributed by atoms with Crippen molar-refractivity contribution in [1.29, 1.82) is 0 Å². The molecule has 0 aromatic carbocycles. The average molecular weight is 431 g/mol. The third kappa shape index (κ3) is 4.60. The molecule has 1 fully saturated rings. The summed E-state index contributed by atoms with van der Waals surface area (Å²) in [7, 11) is 0. The predicted molar refractivity (Wildman–Crippen MR) is 120 cm³/mol. The van der Waals surface area contributed by atoms with Gasteiger partial charge in [0.1, 0.15) is 11.4 Å². The lowest BCUT2D eigenvalue weighted by molar-refractivity contribution is -0.121. The topological polar surface area (TPSA) is 67.2 Å². The zero-order valence-electron chi connectivity index (χ0n) is 16.6. The number of rotatable bonds is 7. The Kier molecular flexibility index (Phi) is 6.42. The lowest BCUT2D eigenvalue weighted by Crippen LogP contribution is -2.39. The number of carbonyl (C=O) groups is 1. The Labute approximate surface area is 178 Å². The molecule has 1 N–H and O–H groups in total. The second kappa shape index (κ2) is 9.19. The summed E-state index contributed by atoms with van der Waals surface area (Å²) in [6, 6.07) is 4.61. The van der Waals surface area contributed by atoms with Crippen LogP contribution in [0.1, 0.15) is 32.6 Å². The maximum Gasteiger partial charge on any atom is 0.263 e. The van der Waals surface area contributed by atoms with Crippen molar-refractivity contribution in [3.8, 4) is 10.4 Å². The van der Waals surface area contributed by atoms with E-state index in [1.54, 1.807) is 11.3 Å². The van der Waals surface area contributed by atoms with Crippen LogP contribution in [0, 0.1) is 0 Å². The minimum Gasteiger partial charge on any atom is -0.354 e. The molecule has 1 amide bonds. The zero-order valence-corrected chi connectivity index (χ0v) is 18.2. The van der Waals surface area contributed by atoms with Crippen molar-refractivity contribution in [1.82, 2.24) is 19.8 Å². The van der Waals surface area contributed by atoms with E-state index in [2.05, 4.69) is 22.1 Å². The van der Waals surface area contributed by atoms with Crippen LogP contribution in [0.5, 0.6) is 0 Å². The van der Waals surface area contributed by atoms with Gasteiger partial charge in [-0.25, -0.2) is 4.98 Å². The van der Waals surface area contributed by atoms with Gasteiger partial charge in [-0.05, 0) is 44.2 Å². The van der Waals surface area contributed by atoms with Crippen LogP contribution < -0.4 is 10.9 Å². The first-order valence-electron chi connectivity index (χ1n) is 10.1. The van der Waals surface area contributed by atoms with Crippen LogP contribution >= 0.6 is 22.7 Å². The highest BCUT2D eigenvalue weighted by Crippen LogP contribution is 2.33. The number of nitrogens with zero attached hydrogens (tertiary/aromatic N) is 3. The Bertz CT molecular complexity index is 1030. The van der Waals surface area contributed by atoms with Crippen LogP contribution in [0.4, 0.5) is 0 Å². The van der Waals surface area contributed by atoms with Crippen LogP contribution in [0.15, 0.2) is 34.0 Å². The maximum atomic E-state index is 13.0. The van der Waals surface area contributed by atoms with E-state index >= 15 is 0 Å². The minimum atomic E-state index is -0.156. The fourth-order valence-electron chi connectivity index (χ4n) is 3.90. The Morgan fingerprint density at radius 3 is 3.03 bits per heavy atom. The number of amides is 1. The minimum absolute atomic E-state index is 0.00160. The van der Waals surface area contributed by atoms with Crippen LogP contribution in [0.2, 0.25) is 0 Å². The molecule has 0 spiro atoms. The normalized spacial score (nSPS) is 17.6. The molecule has 1 unspecified atom stereocenters. The number of fused-ring (bicyclic) bond motifs is 1. The van der Waals surface area contributed by atoms with Crippen LogP contribution in [-0.2, 0) is 11.3 Å². The molecular weight excluding hydrogens is 404 g/mol. The van der Waals surface area contributed by atoms with Gasteiger partial charge in [-0.15, -0.1) is 22.7 Å². The van der Waals surface area contributed by atoms with E-state index in [0.717, 1.165) is 30.0 Å². The van der Waals surface area contributed by atoms with Crippen molar-refractivity contribution < 1.29 is 4.79 Å². The molecule has 0 saturated carbocycles. The third-order valence-electron chi connectivity index (χ3n) is 5.55. The SMILES string of the molecule is CC1CCCCN1CCCNC(=O)Cn1cnc2scc(-c3cccs3)c2c1=O. The number of carbonyl (C=O) groups excluding carboxylic acids is 1. The van der Waals surface area contributed by atoms with Crippen molar-refractivity contribution in [3.63, 3.8) is 0 Å². The number of hydrogen-bond donors (Lipinski definition) is 1. The standard InChI is InChI=1S/C21H26N4O2S2/c1-15-6-2-3-9-24(15)10-5-8-22-18(26)12-25-14-23-20-19(21(25)27)16(13-29-20)17-7-4-11-28-17/h4,7,11,13-15H,2-3,5-6,8-10,12H2,1H3,(H,22,26). The second-order valence-corrected chi connectivity index (χ2v) is 9.37. The molecule has 154 valence electrons. The van der Waals surface area contributed by atoms with E-state index in [-0.39, 0.29) is 18.0 Å². The van der Waals surface area contributed by atoms with E-state index in [0.29, 0.717) is 22.8 Å². The molecule has 3 aromatic heterocycles. The fraction of sp³-hybridized carbons (Fsp3) is 0.476. The number of aromatic nitrogens is 2. The Morgan fingerprint density at radius 1 is 1.34 bits per heavy atom. The first-order valence-corrected chi connectivity index (χ1v) is 11.9. The number of hydrogen-bond acceptors (Lipinski definition) is 6. The highest BCUT2D eigenvalue weighted by molar-refractivity contribution is 7.18. The molecular formula is C21H26N4O2S2. The molecule has 3 aromatic rings. The first kappa shape index (κ1) is 20.3.